The zero-order chi connectivity index (χ0) is 12.7. The first kappa shape index (κ1) is 14.6. The van der Waals surface area contributed by atoms with Crippen molar-refractivity contribution in [2.24, 2.45) is 0 Å². The van der Waals surface area contributed by atoms with E-state index in [0.29, 0.717) is 4.81 Å². The molecule has 0 aromatic heterocycles. The zero-order valence-electron chi connectivity index (χ0n) is 10.6. The third-order valence-corrected chi connectivity index (χ3v) is 5.35. The Kier molecular flexibility index (Phi) is 6.71. The number of rotatable bonds is 6. The van der Waals surface area contributed by atoms with Crippen LogP contribution in [0.3, 0.4) is 0 Å². The van der Waals surface area contributed by atoms with Crippen LogP contribution < -0.4 is 0 Å². The van der Waals surface area contributed by atoms with Gasteiger partial charge in [0.1, 0.15) is 0 Å². The molecule has 0 saturated heterocycles. The molecule has 0 N–H and O–H groups in total. The van der Waals surface area contributed by atoms with Gasteiger partial charge < -0.3 is 0 Å². The summed E-state index contributed by atoms with van der Waals surface area (Å²) >= 11 is 1.78. The molecule has 94 valence electrons. The van der Waals surface area contributed by atoms with E-state index >= 15 is 0 Å². The number of hydrogen-bond acceptors (Lipinski definition) is 2. The molecule has 17 heavy (non-hydrogen) atoms. The van der Waals surface area contributed by atoms with E-state index in [1.807, 2.05) is 18.7 Å². The minimum absolute atomic E-state index is 0.0346. The van der Waals surface area contributed by atoms with Crippen LogP contribution in [0.5, 0.6) is 0 Å². The quantitative estimate of drug-likeness (QED) is 0.594. The number of benzene rings is 1. The molecule has 0 radical (unpaired) electrons. The predicted molar refractivity (Wildman–Crippen MR) is 76.0 cm³/mol. The molecule has 0 atom stereocenters. The number of carbonyl (C=O) groups excluding carboxylic acids is 1. The summed E-state index contributed by atoms with van der Waals surface area (Å²) in [6.07, 6.45) is 2.07. The molecule has 0 unspecified atom stereocenters. The third-order valence-electron chi connectivity index (χ3n) is 2.54. The summed E-state index contributed by atoms with van der Waals surface area (Å²) in [4.78, 5) is 15.4. The van der Waals surface area contributed by atoms with Crippen LogP contribution in [-0.2, 0) is 5.32 Å². The maximum absolute atomic E-state index is 11.9. The molecule has 0 aliphatic carbocycles. The van der Waals surface area contributed by atoms with Gasteiger partial charge in [0, 0.05) is 0 Å². The van der Waals surface area contributed by atoms with Gasteiger partial charge in [0.2, 0.25) is 0 Å². The fourth-order valence-electron chi connectivity index (χ4n) is 1.44. The first-order valence-corrected chi connectivity index (χ1v) is 9.05. The SMILES string of the molecule is CCN(CC)C(=O)[Se]Cc1ccc(SC)cc1. The van der Waals surface area contributed by atoms with Crippen molar-refractivity contribution in [3.05, 3.63) is 29.8 Å². The molecular formula is C13H19NOSSe. The summed E-state index contributed by atoms with van der Waals surface area (Å²) in [5.41, 5.74) is 1.27. The maximum atomic E-state index is 11.9. The molecule has 1 aromatic carbocycles. The average Bonchev–Trinajstić information content (AvgIpc) is 2.38. The molecular weight excluding hydrogens is 297 g/mol. The summed E-state index contributed by atoms with van der Waals surface area (Å²) in [5.74, 6) is 0. The van der Waals surface area contributed by atoms with Crippen LogP contribution in [0.4, 0.5) is 4.79 Å². The second kappa shape index (κ2) is 7.80. The van der Waals surface area contributed by atoms with E-state index in [9.17, 15) is 4.79 Å². The van der Waals surface area contributed by atoms with E-state index < -0.39 is 0 Å². The minimum atomic E-state index is 0.0346. The van der Waals surface area contributed by atoms with E-state index in [4.69, 9.17) is 0 Å². The Morgan fingerprint density at radius 2 is 1.82 bits per heavy atom. The molecule has 0 aliphatic rings. The van der Waals surface area contributed by atoms with Crippen LogP contribution in [-0.4, -0.2) is 44.0 Å². The zero-order valence-corrected chi connectivity index (χ0v) is 13.1. The molecule has 1 aromatic rings. The van der Waals surface area contributed by atoms with E-state index in [-0.39, 0.29) is 15.0 Å². The Balaban J connectivity index is 2.46. The van der Waals surface area contributed by atoms with Crippen molar-refractivity contribution in [1.29, 1.82) is 0 Å². The van der Waals surface area contributed by atoms with Crippen LogP contribution in [0.25, 0.3) is 0 Å². The Hall–Kier alpha value is -0.441. The van der Waals surface area contributed by atoms with E-state index in [0.717, 1.165) is 18.4 Å². The van der Waals surface area contributed by atoms with Crippen molar-refractivity contribution in [1.82, 2.24) is 4.90 Å². The van der Waals surface area contributed by atoms with Gasteiger partial charge in [0.25, 0.3) is 0 Å². The third kappa shape index (κ3) is 4.74. The van der Waals surface area contributed by atoms with Crippen molar-refractivity contribution >= 4 is 31.5 Å². The van der Waals surface area contributed by atoms with Gasteiger partial charge in [-0.15, -0.1) is 0 Å². The van der Waals surface area contributed by atoms with Gasteiger partial charge in [0.05, 0.1) is 0 Å². The Bertz CT molecular complexity index is 349. The van der Waals surface area contributed by atoms with Crippen LogP contribution in [0.1, 0.15) is 19.4 Å². The topological polar surface area (TPSA) is 20.3 Å². The average molecular weight is 316 g/mol. The fourth-order valence-corrected chi connectivity index (χ4v) is 3.79. The van der Waals surface area contributed by atoms with Crippen LogP contribution in [0.15, 0.2) is 29.2 Å². The van der Waals surface area contributed by atoms with E-state index in [2.05, 4.69) is 30.5 Å². The molecule has 0 spiro atoms. The second-order valence-electron chi connectivity index (χ2n) is 3.57. The summed E-state index contributed by atoms with van der Waals surface area (Å²) in [5, 5.41) is 0.900. The van der Waals surface area contributed by atoms with Crippen LogP contribution in [0, 0.1) is 0 Å². The molecule has 4 heteroatoms. The normalized spacial score (nSPS) is 10.3. The number of amides is 1. The fraction of sp³-hybridized carbons (Fsp3) is 0.462. The van der Waals surface area contributed by atoms with E-state index in [1.54, 1.807) is 11.8 Å². The van der Waals surface area contributed by atoms with Crippen molar-refractivity contribution in [3.8, 4) is 0 Å². The summed E-state index contributed by atoms with van der Waals surface area (Å²) in [6.45, 7) is 5.71. The molecule has 0 bridgehead atoms. The number of thioether (sulfide) groups is 1. The number of carbonyl (C=O) groups is 1. The number of nitrogens with zero attached hydrogens (tertiary/aromatic N) is 1. The monoisotopic (exact) mass is 317 g/mol. The molecule has 0 heterocycles. The summed E-state index contributed by atoms with van der Waals surface area (Å²) < 4.78 is 0. The van der Waals surface area contributed by atoms with Crippen molar-refractivity contribution in [2.75, 3.05) is 19.3 Å². The Morgan fingerprint density at radius 3 is 2.29 bits per heavy atom. The van der Waals surface area contributed by atoms with Gasteiger partial charge in [-0.05, 0) is 0 Å². The molecule has 2 nitrogen and oxygen atoms in total. The van der Waals surface area contributed by atoms with E-state index in [1.165, 1.54) is 10.5 Å². The molecule has 0 aliphatic heterocycles. The second-order valence-corrected chi connectivity index (χ2v) is 6.40. The summed E-state index contributed by atoms with van der Waals surface area (Å²) in [7, 11) is 0. The first-order chi connectivity index (χ1) is 8.21. The van der Waals surface area contributed by atoms with Gasteiger partial charge in [-0.3, -0.25) is 0 Å². The standard InChI is InChI=1S/C13H19NOSSe/c1-4-14(5-2)13(15)17-10-11-6-8-12(16-3)9-7-11/h6-9H,4-5,10H2,1-3H3. The predicted octanol–water partition coefficient (Wildman–Crippen LogP) is 3.07. The van der Waals surface area contributed by atoms with Crippen LogP contribution >= 0.6 is 11.8 Å². The van der Waals surface area contributed by atoms with Gasteiger partial charge in [0.15, 0.2) is 0 Å². The number of hydrogen-bond donors (Lipinski definition) is 0. The van der Waals surface area contributed by atoms with Gasteiger partial charge in [-0.1, -0.05) is 0 Å². The Labute approximate surface area is 114 Å². The van der Waals surface area contributed by atoms with Crippen molar-refractivity contribution in [3.63, 3.8) is 0 Å². The molecule has 1 rings (SSSR count). The van der Waals surface area contributed by atoms with Gasteiger partial charge in [-0.2, -0.15) is 0 Å². The first-order valence-electron chi connectivity index (χ1n) is 5.75. The summed E-state index contributed by atoms with van der Waals surface area (Å²) in [6, 6.07) is 8.50. The van der Waals surface area contributed by atoms with Crippen molar-refractivity contribution < 1.29 is 4.79 Å². The van der Waals surface area contributed by atoms with Gasteiger partial charge in [-0.25, -0.2) is 0 Å². The Morgan fingerprint density at radius 1 is 1.24 bits per heavy atom. The van der Waals surface area contributed by atoms with Crippen LogP contribution in [0.2, 0.25) is 0 Å². The van der Waals surface area contributed by atoms with Crippen molar-refractivity contribution in [2.45, 2.75) is 24.1 Å². The van der Waals surface area contributed by atoms with Gasteiger partial charge >= 0.3 is 114 Å². The molecule has 0 saturated carbocycles. The molecule has 0 fully saturated rings. The molecule has 1 amide bonds.